The first-order valence-electron chi connectivity index (χ1n) is 6.96. The van der Waals surface area contributed by atoms with Gasteiger partial charge >= 0.3 is 0 Å². The zero-order valence-corrected chi connectivity index (χ0v) is 11.7. The number of hydrogen-bond acceptors (Lipinski definition) is 3. The lowest BCUT2D eigenvalue weighted by Crippen LogP contribution is -2.26. The molecule has 0 aliphatic carbocycles. The summed E-state index contributed by atoms with van der Waals surface area (Å²) in [7, 11) is 0. The van der Waals surface area contributed by atoms with Crippen LogP contribution in [-0.4, -0.2) is 22.7 Å². The number of carbonyl (C=O) groups is 1. The van der Waals surface area contributed by atoms with Crippen molar-refractivity contribution in [2.45, 2.75) is 19.3 Å². The van der Waals surface area contributed by atoms with Crippen LogP contribution in [0.15, 0.2) is 48.5 Å². The molecule has 2 aromatic rings. The average molecular weight is 285 g/mol. The molecule has 21 heavy (non-hydrogen) atoms. The normalized spacial score (nSPS) is 10.3. The maximum atomic E-state index is 11.8. The standard InChI is InChI=1S/C17H19NO3/c19-15-9-8-14(11-16(15)20)12-17(21)18-10-4-7-13-5-2-1-3-6-13/h1-3,5-6,8-9,11,19-20H,4,7,10,12H2,(H,18,21). The number of rotatable bonds is 6. The zero-order chi connectivity index (χ0) is 15.1. The van der Waals surface area contributed by atoms with Gasteiger partial charge in [0, 0.05) is 6.54 Å². The van der Waals surface area contributed by atoms with E-state index in [-0.39, 0.29) is 23.8 Å². The molecule has 0 radical (unpaired) electrons. The Kier molecular flexibility index (Phi) is 5.21. The van der Waals surface area contributed by atoms with Crippen molar-refractivity contribution in [3.05, 3.63) is 59.7 Å². The lowest BCUT2D eigenvalue weighted by Gasteiger charge is -2.06. The number of amides is 1. The molecule has 4 heteroatoms. The van der Waals surface area contributed by atoms with Crippen LogP contribution >= 0.6 is 0 Å². The molecule has 110 valence electrons. The molecule has 0 spiro atoms. The Morgan fingerprint density at radius 2 is 1.71 bits per heavy atom. The van der Waals surface area contributed by atoms with E-state index in [0.29, 0.717) is 12.1 Å². The summed E-state index contributed by atoms with van der Waals surface area (Å²) in [4.78, 5) is 11.8. The summed E-state index contributed by atoms with van der Waals surface area (Å²) >= 11 is 0. The number of benzene rings is 2. The molecule has 0 heterocycles. The Morgan fingerprint density at radius 3 is 2.43 bits per heavy atom. The highest BCUT2D eigenvalue weighted by molar-refractivity contribution is 5.78. The summed E-state index contributed by atoms with van der Waals surface area (Å²) in [6.45, 7) is 0.623. The number of nitrogens with one attached hydrogen (secondary N) is 1. The van der Waals surface area contributed by atoms with Gasteiger partial charge in [-0.2, -0.15) is 0 Å². The van der Waals surface area contributed by atoms with E-state index in [1.807, 2.05) is 18.2 Å². The smallest absolute Gasteiger partial charge is 0.224 e. The molecule has 3 N–H and O–H groups in total. The first-order chi connectivity index (χ1) is 10.1. The molecule has 2 rings (SSSR count). The van der Waals surface area contributed by atoms with Crippen LogP contribution in [0.2, 0.25) is 0 Å². The van der Waals surface area contributed by atoms with Crippen LogP contribution in [0.1, 0.15) is 17.5 Å². The van der Waals surface area contributed by atoms with Crippen molar-refractivity contribution in [2.24, 2.45) is 0 Å². The third-order valence-electron chi connectivity index (χ3n) is 3.21. The second-order valence-corrected chi connectivity index (χ2v) is 4.94. The average Bonchev–Trinajstić information content (AvgIpc) is 2.49. The predicted octanol–water partition coefficient (Wildman–Crippen LogP) is 2.39. The first-order valence-corrected chi connectivity index (χ1v) is 6.96. The van der Waals surface area contributed by atoms with E-state index < -0.39 is 0 Å². The Hall–Kier alpha value is -2.49. The molecular formula is C17H19NO3. The predicted molar refractivity (Wildman–Crippen MR) is 81.2 cm³/mol. The van der Waals surface area contributed by atoms with Gasteiger partial charge in [0.2, 0.25) is 5.91 Å². The first kappa shape index (κ1) is 14.9. The molecule has 0 saturated heterocycles. The van der Waals surface area contributed by atoms with Crippen molar-refractivity contribution in [1.82, 2.24) is 5.32 Å². The van der Waals surface area contributed by atoms with Crippen LogP contribution in [0.4, 0.5) is 0 Å². The second kappa shape index (κ2) is 7.33. The monoisotopic (exact) mass is 285 g/mol. The van der Waals surface area contributed by atoms with Gasteiger partial charge in [-0.3, -0.25) is 4.79 Å². The highest BCUT2D eigenvalue weighted by atomic mass is 16.3. The molecule has 1 amide bonds. The van der Waals surface area contributed by atoms with E-state index in [0.717, 1.165) is 12.8 Å². The summed E-state index contributed by atoms with van der Waals surface area (Å²) in [6, 6.07) is 14.5. The van der Waals surface area contributed by atoms with Crippen molar-refractivity contribution in [3.8, 4) is 11.5 Å². The molecule has 0 fully saturated rings. The number of hydrogen-bond donors (Lipinski definition) is 3. The molecule has 0 atom stereocenters. The largest absolute Gasteiger partial charge is 0.504 e. The SMILES string of the molecule is O=C(Cc1ccc(O)c(O)c1)NCCCc1ccccc1. The van der Waals surface area contributed by atoms with Crippen LogP contribution < -0.4 is 5.32 Å². The van der Waals surface area contributed by atoms with Gasteiger partial charge in [-0.25, -0.2) is 0 Å². The van der Waals surface area contributed by atoms with Gasteiger partial charge in [-0.05, 0) is 36.1 Å². The van der Waals surface area contributed by atoms with Gasteiger partial charge in [-0.15, -0.1) is 0 Å². The van der Waals surface area contributed by atoms with Gasteiger partial charge in [0.1, 0.15) is 0 Å². The number of aromatic hydroxyl groups is 2. The van der Waals surface area contributed by atoms with Gasteiger partial charge in [0.05, 0.1) is 6.42 Å². The van der Waals surface area contributed by atoms with Crippen molar-refractivity contribution < 1.29 is 15.0 Å². The Bertz CT molecular complexity index is 596. The molecule has 0 saturated carbocycles. The van der Waals surface area contributed by atoms with Crippen LogP contribution in [0, 0.1) is 0 Å². The van der Waals surface area contributed by atoms with Crippen LogP contribution in [0.3, 0.4) is 0 Å². The summed E-state index contributed by atoms with van der Waals surface area (Å²) < 4.78 is 0. The minimum atomic E-state index is -0.204. The number of phenols is 2. The molecule has 0 aromatic heterocycles. The van der Waals surface area contributed by atoms with Crippen molar-refractivity contribution >= 4 is 5.91 Å². The summed E-state index contributed by atoms with van der Waals surface area (Å²) in [6.07, 6.45) is 2.01. The second-order valence-electron chi connectivity index (χ2n) is 4.94. The van der Waals surface area contributed by atoms with Crippen LogP contribution in [-0.2, 0) is 17.6 Å². The zero-order valence-electron chi connectivity index (χ0n) is 11.7. The minimum absolute atomic E-state index is 0.0897. The highest BCUT2D eigenvalue weighted by Gasteiger charge is 2.06. The molecule has 0 bridgehead atoms. The van der Waals surface area contributed by atoms with Crippen molar-refractivity contribution in [1.29, 1.82) is 0 Å². The van der Waals surface area contributed by atoms with Crippen molar-refractivity contribution in [3.63, 3.8) is 0 Å². The summed E-state index contributed by atoms with van der Waals surface area (Å²) in [5, 5.41) is 21.4. The Morgan fingerprint density at radius 1 is 0.952 bits per heavy atom. The van der Waals surface area contributed by atoms with Gasteiger partial charge < -0.3 is 15.5 Å². The molecule has 4 nitrogen and oxygen atoms in total. The van der Waals surface area contributed by atoms with E-state index in [4.69, 9.17) is 0 Å². The lowest BCUT2D eigenvalue weighted by atomic mass is 10.1. The van der Waals surface area contributed by atoms with Crippen LogP contribution in [0.25, 0.3) is 0 Å². The van der Waals surface area contributed by atoms with E-state index in [2.05, 4.69) is 17.4 Å². The Labute approximate surface area is 124 Å². The highest BCUT2D eigenvalue weighted by Crippen LogP contribution is 2.24. The Balaban J connectivity index is 1.71. The van der Waals surface area contributed by atoms with Gasteiger partial charge in [0.15, 0.2) is 11.5 Å². The number of phenolic OH excluding ortho intramolecular Hbond substituents is 2. The fraction of sp³-hybridized carbons (Fsp3) is 0.235. The van der Waals surface area contributed by atoms with E-state index in [9.17, 15) is 15.0 Å². The minimum Gasteiger partial charge on any atom is -0.504 e. The summed E-state index contributed by atoms with van der Waals surface area (Å²) in [5.74, 6) is -0.473. The summed E-state index contributed by atoms with van der Waals surface area (Å²) in [5.41, 5.74) is 1.93. The maximum Gasteiger partial charge on any atom is 0.224 e. The molecule has 0 aliphatic rings. The third-order valence-corrected chi connectivity index (χ3v) is 3.21. The molecular weight excluding hydrogens is 266 g/mol. The third kappa shape index (κ3) is 4.84. The molecule has 0 aliphatic heterocycles. The van der Waals surface area contributed by atoms with Gasteiger partial charge in [0.25, 0.3) is 0 Å². The maximum absolute atomic E-state index is 11.8. The molecule has 2 aromatic carbocycles. The fourth-order valence-electron chi connectivity index (χ4n) is 2.09. The number of carbonyl (C=O) groups excluding carboxylic acids is 1. The van der Waals surface area contributed by atoms with Crippen molar-refractivity contribution in [2.75, 3.05) is 6.54 Å². The van der Waals surface area contributed by atoms with E-state index in [1.165, 1.54) is 17.7 Å². The fourth-order valence-corrected chi connectivity index (χ4v) is 2.09. The van der Waals surface area contributed by atoms with E-state index in [1.54, 1.807) is 6.07 Å². The molecule has 0 unspecified atom stereocenters. The topological polar surface area (TPSA) is 69.6 Å². The number of aryl methyl sites for hydroxylation is 1. The quantitative estimate of drug-likeness (QED) is 0.564. The van der Waals surface area contributed by atoms with Crippen LogP contribution in [0.5, 0.6) is 11.5 Å². The van der Waals surface area contributed by atoms with E-state index >= 15 is 0 Å². The van der Waals surface area contributed by atoms with Gasteiger partial charge in [-0.1, -0.05) is 36.4 Å². The lowest BCUT2D eigenvalue weighted by molar-refractivity contribution is -0.120.